The molecule has 0 spiro atoms. The third kappa shape index (κ3) is 4.47. The van der Waals surface area contributed by atoms with E-state index in [1.165, 1.54) is 16.8 Å². The fourth-order valence-corrected chi connectivity index (χ4v) is 3.42. The molecule has 2 heterocycles. The van der Waals surface area contributed by atoms with E-state index in [9.17, 15) is 14.9 Å². The number of halogens is 1. The van der Waals surface area contributed by atoms with Crippen LogP contribution in [0, 0.1) is 11.3 Å². The summed E-state index contributed by atoms with van der Waals surface area (Å²) < 4.78 is 1.54. The molecule has 1 amide bonds. The molecule has 31 heavy (non-hydrogen) atoms. The molecule has 0 aliphatic carbocycles. The SMILES string of the molecule is CCNC(=O)C(C)(C)Nc1cc(=O)n(C)c2ccc(Nc3ccnc(Cl)c3C#N)cc12. The maximum atomic E-state index is 12.5. The number of aryl methyl sites for hydroxylation is 1. The zero-order chi connectivity index (χ0) is 22.8. The maximum Gasteiger partial charge on any atom is 0.252 e. The first-order valence-corrected chi connectivity index (χ1v) is 10.1. The van der Waals surface area contributed by atoms with Crippen LogP contribution < -0.4 is 21.5 Å². The summed E-state index contributed by atoms with van der Waals surface area (Å²) in [4.78, 5) is 28.9. The Morgan fingerprint density at radius 2 is 2.00 bits per heavy atom. The molecule has 0 aliphatic heterocycles. The molecule has 0 atom stereocenters. The van der Waals surface area contributed by atoms with E-state index in [2.05, 4.69) is 20.9 Å². The van der Waals surface area contributed by atoms with Gasteiger partial charge in [-0.2, -0.15) is 5.26 Å². The number of carbonyl (C=O) groups is 1. The summed E-state index contributed by atoms with van der Waals surface area (Å²) in [6.07, 6.45) is 1.51. The van der Waals surface area contributed by atoms with Crippen LogP contribution in [-0.2, 0) is 11.8 Å². The van der Waals surface area contributed by atoms with Crippen LogP contribution in [0.5, 0.6) is 0 Å². The summed E-state index contributed by atoms with van der Waals surface area (Å²) in [5, 5.41) is 19.4. The number of anilines is 3. The average Bonchev–Trinajstić information content (AvgIpc) is 2.72. The first kappa shape index (κ1) is 22.1. The lowest BCUT2D eigenvalue weighted by Crippen LogP contribution is -2.48. The first-order valence-electron chi connectivity index (χ1n) is 9.70. The number of pyridine rings is 2. The van der Waals surface area contributed by atoms with Gasteiger partial charge in [-0.05, 0) is 45.0 Å². The minimum absolute atomic E-state index is 0.113. The highest BCUT2D eigenvalue weighted by molar-refractivity contribution is 6.31. The highest BCUT2D eigenvalue weighted by Gasteiger charge is 2.27. The third-order valence-corrected chi connectivity index (χ3v) is 5.18. The Balaban J connectivity index is 2.09. The number of likely N-dealkylation sites (N-methyl/N-ethyl adjacent to an activating group) is 1. The average molecular weight is 439 g/mol. The molecular weight excluding hydrogens is 416 g/mol. The monoisotopic (exact) mass is 438 g/mol. The molecule has 160 valence electrons. The lowest BCUT2D eigenvalue weighted by atomic mass is 10.0. The number of nitrogens with one attached hydrogen (secondary N) is 3. The van der Waals surface area contributed by atoms with Crippen LogP contribution in [-0.4, -0.2) is 27.5 Å². The molecule has 8 nitrogen and oxygen atoms in total. The van der Waals surface area contributed by atoms with Gasteiger partial charge in [0.2, 0.25) is 5.91 Å². The van der Waals surface area contributed by atoms with Gasteiger partial charge in [0, 0.05) is 42.6 Å². The molecule has 0 saturated heterocycles. The summed E-state index contributed by atoms with van der Waals surface area (Å²) in [5.41, 5.74) is 1.53. The molecular formula is C22H23ClN6O2. The van der Waals surface area contributed by atoms with Crippen molar-refractivity contribution >= 4 is 45.5 Å². The van der Waals surface area contributed by atoms with Crippen LogP contribution in [0.15, 0.2) is 41.3 Å². The van der Waals surface area contributed by atoms with Crippen LogP contribution in [0.3, 0.4) is 0 Å². The van der Waals surface area contributed by atoms with Crippen LogP contribution in [0.25, 0.3) is 10.9 Å². The van der Waals surface area contributed by atoms with Crippen molar-refractivity contribution in [1.82, 2.24) is 14.9 Å². The Morgan fingerprint density at radius 1 is 1.26 bits per heavy atom. The lowest BCUT2D eigenvalue weighted by Gasteiger charge is -2.27. The quantitative estimate of drug-likeness (QED) is 0.507. The molecule has 0 radical (unpaired) electrons. The molecule has 0 fully saturated rings. The summed E-state index contributed by atoms with van der Waals surface area (Å²) >= 11 is 6.02. The van der Waals surface area contributed by atoms with Gasteiger partial charge < -0.3 is 20.5 Å². The summed E-state index contributed by atoms with van der Waals surface area (Å²) in [5.74, 6) is -0.178. The molecule has 9 heteroatoms. The van der Waals surface area contributed by atoms with Gasteiger partial charge in [0.25, 0.3) is 5.56 Å². The van der Waals surface area contributed by atoms with Gasteiger partial charge in [-0.15, -0.1) is 0 Å². The van der Waals surface area contributed by atoms with Gasteiger partial charge in [-0.1, -0.05) is 11.6 Å². The minimum atomic E-state index is -0.939. The lowest BCUT2D eigenvalue weighted by molar-refractivity contribution is -0.124. The molecule has 0 bridgehead atoms. The summed E-state index contributed by atoms with van der Waals surface area (Å²) in [6, 6.07) is 10.6. The van der Waals surface area contributed by atoms with Crippen molar-refractivity contribution in [3.05, 3.63) is 57.6 Å². The predicted molar refractivity (Wildman–Crippen MR) is 123 cm³/mol. The largest absolute Gasteiger partial charge is 0.371 e. The van der Waals surface area contributed by atoms with E-state index < -0.39 is 5.54 Å². The molecule has 3 aromatic rings. The highest BCUT2D eigenvalue weighted by atomic mass is 35.5. The minimum Gasteiger partial charge on any atom is -0.371 e. The standard InChI is InChI=1S/C22H23ClN6O2/c1-5-25-21(31)22(2,3)28-17-11-19(30)29(4)18-7-6-13(10-14(17)18)27-16-8-9-26-20(23)15(16)12-24/h6-11,28H,5H2,1-4H3,(H,25,31)(H,26,27). The van der Waals surface area contributed by atoms with Crippen molar-refractivity contribution in [3.63, 3.8) is 0 Å². The van der Waals surface area contributed by atoms with Gasteiger partial charge in [0.1, 0.15) is 22.3 Å². The number of hydrogen-bond acceptors (Lipinski definition) is 6. The molecule has 3 rings (SSSR count). The third-order valence-electron chi connectivity index (χ3n) is 4.89. The molecule has 2 aromatic heterocycles. The smallest absolute Gasteiger partial charge is 0.252 e. The number of nitrogens with zero attached hydrogens (tertiary/aromatic N) is 3. The Labute approximate surface area is 184 Å². The second-order valence-corrected chi connectivity index (χ2v) is 7.92. The second kappa shape index (κ2) is 8.66. The van der Waals surface area contributed by atoms with E-state index >= 15 is 0 Å². The van der Waals surface area contributed by atoms with Crippen molar-refractivity contribution in [1.29, 1.82) is 5.26 Å². The summed E-state index contributed by atoms with van der Waals surface area (Å²) in [7, 11) is 1.69. The normalized spacial score (nSPS) is 11.1. The van der Waals surface area contributed by atoms with Gasteiger partial charge in [0.05, 0.1) is 11.2 Å². The van der Waals surface area contributed by atoms with Crippen molar-refractivity contribution in [2.75, 3.05) is 17.2 Å². The molecule has 0 unspecified atom stereocenters. The fraction of sp³-hybridized carbons (Fsp3) is 0.273. The number of aromatic nitrogens is 2. The van der Waals surface area contributed by atoms with Crippen molar-refractivity contribution in [2.24, 2.45) is 7.05 Å². The van der Waals surface area contributed by atoms with Crippen molar-refractivity contribution in [3.8, 4) is 6.07 Å². The van der Waals surface area contributed by atoms with E-state index in [1.807, 2.05) is 19.1 Å². The van der Waals surface area contributed by atoms with Crippen LogP contribution in [0.1, 0.15) is 26.3 Å². The van der Waals surface area contributed by atoms with Crippen molar-refractivity contribution < 1.29 is 4.79 Å². The Kier molecular flexibility index (Phi) is 6.18. The van der Waals surface area contributed by atoms with Gasteiger partial charge in [-0.25, -0.2) is 4.98 Å². The van der Waals surface area contributed by atoms with Crippen LogP contribution in [0.4, 0.5) is 17.1 Å². The first-order chi connectivity index (χ1) is 14.7. The van der Waals surface area contributed by atoms with Gasteiger partial charge in [-0.3, -0.25) is 9.59 Å². The van der Waals surface area contributed by atoms with Crippen molar-refractivity contribution in [2.45, 2.75) is 26.3 Å². The van der Waals surface area contributed by atoms with Crippen LogP contribution in [0.2, 0.25) is 5.15 Å². The summed E-state index contributed by atoms with van der Waals surface area (Å²) in [6.45, 7) is 5.86. The fourth-order valence-electron chi connectivity index (χ4n) is 3.22. The van der Waals surface area contributed by atoms with E-state index in [-0.39, 0.29) is 22.2 Å². The number of nitriles is 1. The predicted octanol–water partition coefficient (Wildman–Crippen LogP) is 3.53. The van der Waals surface area contributed by atoms with Crippen LogP contribution >= 0.6 is 11.6 Å². The number of amides is 1. The van der Waals surface area contributed by atoms with E-state index in [0.29, 0.717) is 29.1 Å². The van der Waals surface area contributed by atoms with E-state index in [1.54, 1.807) is 39.1 Å². The Morgan fingerprint density at radius 3 is 2.68 bits per heavy atom. The molecule has 0 saturated carbocycles. The zero-order valence-corrected chi connectivity index (χ0v) is 18.5. The number of benzene rings is 1. The highest BCUT2D eigenvalue weighted by Crippen LogP contribution is 2.30. The number of carbonyl (C=O) groups excluding carboxylic acids is 1. The van der Waals surface area contributed by atoms with Gasteiger partial charge >= 0.3 is 0 Å². The molecule has 0 aliphatic rings. The van der Waals surface area contributed by atoms with E-state index in [0.717, 1.165) is 5.39 Å². The maximum absolute atomic E-state index is 12.5. The Hall–Kier alpha value is -3.57. The second-order valence-electron chi connectivity index (χ2n) is 7.56. The number of fused-ring (bicyclic) bond motifs is 1. The molecule has 1 aromatic carbocycles. The zero-order valence-electron chi connectivity index (χ0n) is 17.7. The molecule has 3 N–H and O–H groups in total. The van der Waals surface area contributed by atoms with Gasteiger partial charge in [0.15, 0.2) is 0 Å². The van der Waals surface area contributed by atoms with E-state index in [4.69, 9.17) is 11.6 Å². The Bertz CT molecular complexity index is 1260. The number of rotatable bonds is 6. The topological polar surface area (TPSA) is 112 Å². The number of hydrogen-bond donors (Lipinski definition) is 3.